The lowest BCUT2D eigenvalue weighted by atomic mass is 9.98. The van der Waals surface area contributed by atoms with Gasteiger partial charge >= 0.3 is 11.3 Å². The van der Waals surface area contributed by atoms with Crippen LogP contribution in [0.25, 0.3) is 11.0 Å². The Morgan fingerprint density at radius 1 is 1.08 bits per heavy atom. The van der Waals surface area contributed by atoms with Crippen molar-refractivity contribution in [2.75, 3.05) is 0 Å². The van der Waals surface area contributed by atoms with E-state index >= 15 is 0 Å². The van der Waals surface area contributed by atoms with Gasteiger partial charge in [-0.1, -0.05) is 30.3 Å². The molecule has 0 unspecified atom stereocenters. The van der Waals surface area contributed by atoms with Crippen LogP contribution in [0.15, 0.2) is 51.7 Å². The number of benzene rings is 2. The van der Waals surface area contributed by atoms with Gasteiger partial charge < -0.3 is 4.42 Å². The first-order chi connectivity index (χ1) is 11.5. The molecule has 0 bridgehead atoms. The summed E-state index contributed by atoms with van der Waals surface area (Å²) in [6.45, 7) is -0.933. The number of para-hydroxylation sites is 1. The molecule has 0 spiro atoms. The van der Waals surface area contributed by atoms with E-state index in [-0.39, 0.29) is 28.7 Å². The molecule has 3 aromatic rings. The van der Waals surface area contributed by atoms with Gasteiger partial charge in [0.25, 0.3) is 0 Å². The number of hydrogen-bond donors (Lipinski definition) is 0. The van der Waals surface area contributed by atoms with E-state index in [1.165, 1.54) is 18.2 Å². The summed E-state index contributed by atoms with van der Waals surface area (Å²) < 4.78 is 32.9. The standard InChI is InChI=1S/C17H11F2NO4/c18-9-13-11-5-1-2-7-15(11)24-17(21)12(13)8-10-4-3-6-14(16(10)19)20(22)23/h1-7H,8-9H2. The lowest BCUT2D eigenvalue weighted by molar-refractivity contribution is -0.387. The molecule has 0 radical (unpaired) electrons. The maximum Gasteiger partial charge on any atom is 0.340 e. The molecule has 3 rings (SSSR count). The number of nitro groups is 1. The quantitative estimate of drug-likeness (QED) is 0.413. The third-order valence-corrected chi connectivity index (χ3v) is 3.78. The van der Waals surface area contributed by atoms with Gasteiger partial charge in [-0.2, -0.15) is 4.39 Å². The molecule has 5 nitrogen and oxygen atoms in total. The summed E-state index contributed by atoms with van der Waals surface area (Å²) in [5.41, 5.74) is -1.25. The van der Waals surface area contributed by atoms with Gasteiger partial charge in [-0.15, -0.1) is 0 Å². The number of fused-ring (bicyclic) bond motifs is 1. The Kier molecular flexibility index (Phi) is 4.07. The zero-order valence-corrected chi connectivity index (χ0v) is 12.3. The second-order valence-electron chi connectivity index (χ2n) is 5.16. The molecule has 24 heavy (non-hydrogen) atoms. The van der Waals surface area contributed by atoms with Crippen molar-refractivity contribution in [1.29, 1.82) is 0 Å². The van der Waals surface area contributed by atoms with Crippen molar-refractivity contribution in [2.45, 2.75) is 13.1 Å². The number of rotatable bonds is 4. The van der Waals surface area contributed by atoms with Gasteiger partial charge in [0.05, 0.1) is 4.92 Å². The highest BCUT2D eigenvalue weighted by molar-refractivity contribution is 5.81. The van der Waals surface area contributed by atoms with Crippen LogP contribution >= 0.6 is 0 Å². The topological polar surface area (TPSA) is 73.3 Å². The molecule has 0 atom stereocenters. The van der Waals surface area contributed by atoms with Crippen LogP contribution in [0.3, 0.4) is 0 Å². The van der Waals surface area contributed by atoms with Crippen LogP contribution in [0.1, 0.15) is 16.7 Å². The van der Waals surface area contributed by atoms with E-state index in [4.69, 9.17) is 4.42 Å². The van der Waals surface area contributed by atoms with Crippen molar-refractivity contribution in [2.24, 2.45) is 0 Å². The third-order valence-electron chi connectivity index (χ3n) is 3.78. The predicted octanol–water partition coefficient (Wildman–Crippen LogP) is 3.90. The molecule has 2 aromatic carbocycles. The molecule has 1 aromatic heterocycles. The summed E-state index contributed by atoms with van der Waals surface area (Å²) in [7, 11) is 0. The number of halogens is 2. The highest BCUT2D eigenvalue weighted by atomic mass is 19.1. The minimum atomic E-state index is -1.04. The maximum atomic E-state index is 14.2. The fourth-order valence-corrected chi connectivity index (χ4v) is 2.62. The molecular weight excluding hydrogens is 320 g/mol. The first-order valence-corrected chi connectivity index (χ1v) is 7.04. The van der Waals surface area contributed by atoms with E-state index < -0.39 is 28.7 Å². The van der Waals surface area contributed by atoms with E-state index in [0.717, 1.165) is 6.07 Å². The summed E-state index contributed by atoms with van der Waals surface area (Å²) in [5.74, 6) is -1.04. The molecule has 0 aliphatic rings. The molecule has 0 saturated carbocycles. The first kappa shape index (κ1) is 15.8. The summed E-state index contributed by atoms with van der Waals surface area (Å²) in [6, 6.07) is 10.1. The Labute approximate surface area is 134 Å². The van der Waals surface area contributed by atoms with Crippen molar-refractivity contribution in [3.8, 4) is 0 Å². The SMILES string of the molecule is O=c1oc2ccccc2c(CF)c1Cc1cccc([N+](=O)[O-])c1F. The number of nitro benzene ring substituents is 1. The fraction of sp³-hybridized carbons (Fsp3) is 0.118. The van der Waals surface area contributed by atoms with Gasteiger partial charge in [-0.25, -0.2) is 9.18 Å². The second-order valence-corrected chi connectivity index (χ2v) is 5.16. The van der Waals surface area contributed by atoms with Gasteiger partial charge in [0.15, 0.2) is 0 Å². The summed E-state index contributed by atoms with van der Waals surface area (Å²) in [6.07, 6.45) is -0.292. The van der Waals surface area contributed by atoms with Gasteiger partial charge in [-0.05, 0) is 11.6 Å². The molecule has 0 fully saturated rings. The van der Waals surface area contributed by atoms with E-state index in [2.05, 4.69) is 0 Å². The zero-order chi connectivity index (χ0) is 17.3. The van der Waals surface area contributed by atoms with Crippen LogP contribution in [-0.2, 0) is 13.1 Å². The Bertz CT molecular complexity index is 998. The monoisotopic (exact) mass is 331 g/mol. The number of nitrogens with zero attached hydrogens (tertiary/aromatic N) is 1. The minimum absolute atomic E-state index is 0.0457. The number of hydrogen-bond acceptors (Lipinski definition) is 4. The Morgan fingerprint density at radius 2 is 1.83 bits per heavy atom. The third kappa shape index (κ3) is 2.64. The highest BCUT2D eigenvalue weighted by Crippen LogP contribution is 2.26. The van der Waals surface area contributed by atoms with Gasteiger partial charge in [0.2, 0.25) is 5.82 Å². The van der Waals surface area contributed by atoms with E-state index in [1.54, 1.807) is 18.2 Å². The maximum absolute atomic E-state index is 14.2. The predicted molar refractivity (Wildman–Crippen MR) is 83.2 cm³/mol. The lowest BCUT2D eigenvalue weighted by Gasteiger charge is -2.09. The smallest absolute Gasteiger partial charge is 0.340 e. The van der Waals surface area contributed by atoms with Crippen LogP contribution in [-0.4, -0.2) is 4.92 Å². The molecule has 7 heteroatoms. The van der Waals surface area contributed by atoms with Crippen LogP contribution < -0.4 is 5.63 Å². The average Bonchev–Trinajstić information content (AvgIpc) is 2.56. The normalized spacial score (nSPS) is 10.9. The zero-order valence-electron chi connectivity index (χ0n) is 12.3. The summed E-state index contributed by atoms with van der Waals surface area (Å²) in [4.78, 5) is 22.1. The first-order valence-electron chi connectivity index (χ1n) is 7.04. The number of alkyl halides is 1. The van der Waals surface area contributed by atoms with E-state index in [9.17, 15) is 23.7 Å². The van der Waals surface area contributed by atoms with Crippen LogP contribution in [0.2, 0.25) is 0 Å². The van der Waals surface area contributed by atoms with Crippen LogP contribution in [0, 0.1) is 15.9 Å². The van der Waals surface area contributed by atoms with Crippen LogP contribution in [0.4, 0.5) is 14.5 Å². The minimum Gasteiger partial charge on any atom is -0.422 e. The molecule has 0 amide bonds. The van der Waals surface area contributed by atoms with Crippen molar-refractivity contribution in [1.82, 2.24) is 0 Å². The fourth-order valence-electron chi connectivity index (χ4n) is 2.62. The Balaban J connectivity index is 2.18. The Hall–Kier alpha value is -3.09. The molecular formula is C17H11F2NO4. The summed E-state index contributed by atoms with van der Waals surface area (Å²) in [5, 5.41) is 11.2. The van der Waals surface area contributed by atoms with Gasteiger partial charge in [0, 0.05) is 29.0 Å². The molecule has 0 N–H and O–H groups in total. The lowest BCUT2D eigenvalue weighted by Crippen LogP contribution is -2.13. The largest absolute Gasteiger partial charge is 0.422 e. The summed E-state index contributed by atoms with van der Waals surface area (Å²) >= 11 is 0. The molecule has 122 valence electrons. The van der Waals surface area contributed by atoms with E-state index in [1.807, 2.05) is 0 Å². The molecule has 1 heterocycles. The van der Waals surface area contributed by atoms with Crippen LogP contribution in [0.5, 0.6) is 0 Å². The van der Waals surface area contributed by atoms with Gasteiger partial charge in [-0.3, -0.25) is 10.1 Å². The Morgan fingerprint density at radius 3 is 2.54 bits per heavy atom. The highest BCUT2D eigenvalue weighted by Gasteiger charge is 2.21. The van der Waals surface area contributed by atoms with Crippen molar-refractivity contribution < 1.29 is 18.1 Å². The second kappa shape index (κ2) is 6.19. The van der Waals surface area contributed by atoms with E-state index in [0.29, 0.717) is 5.39 Å². The average molecular weight is 331 g/mol. The molecule has 0 aliphatic carbocycles. The molecule has 0 saturated heterocycles. The molecule has 0 aliphatic heterocycles. The van der Waals surface area contributed by atoms with Gasteiger partial charge in [0.1, 0.15) is 12.3 Å². The van der Waals surface area contributed by atoms with Crippen molar-refractivity contribution in [3.05, 3.63) is 85.5 Å². The van der Waals surface area contributed by atoms with Crippen molar-refractivity contribution >= 4 is 16.7 Å². The van der Waals surface area contributed by atoms with Crippen molar-refractivity contribution in [3.63, 3.8) is 0 Å².